The van der Waals surface area contributed by atoms with Crippen LogP contribution >= 0.6 is 23.5 Å². The van der Waals surface area contributed by atoms with E-state index in [1.165, 1.54) is 10.5 Å². The van der Waals surface area contributed by atoms with Crippen molar-refractivity contribution in [3.05, 3.63) is 29.8 Å². The van der Waals surface area contributed by atoms with Gasteiger partial charge in [-0.05, 0) is 29.8 Å². The Labute approximate surface area is 113 Å². The fraction of sp³-hybridized carbons (Fsp3) is 0.500. The van der Waals surface area contributed by atoms with E-state index >= 15 is 0 Å². The molecule has 1 atom stereocenters. The van der Waals surface area contributed by atoms with Gasteiger partial charge in [0.25, 0.3) is 0 Å². The number of benzene rings is 1. The topological polar surface area (TPSA) is 12.0 Å². The molecule has 0 aliphatic carbocycles. The van der Waals surface area contributed by atoms with Gasteiger partial charge in [-0.3, -0.25) is 0 Å². The van der Waals surface area contributed by atoms with Crippen LogP contribution in [0.25, 0.3) is 0 Å². The standard InChI is InChI=1S/C12H14F3NS2/c13-12(14,15)17-6-5-16-8-10-7-9-3-1-2-4-11(9)18-10/h1-4,10,16H,5-8H2. The van der Waals surface area contributed by atoms with Crippen molar-refractivity contribution >= 4 is 23.5 Å². The fourth-order valence-corrected chi connectivity index (χ4v) is 3.63. The maximum absolute atomic E-state index is 11.9. The molecule has 1 aliphatic rings. The molecule has 0 aromatic heterocycles. The Morgan fingerprint density at radius 3 is 2.83 bits per heavy atom. The van der Waals surface area contributed by atoms with Gasteiger partial charge in [0, 0.05) is 29.0 Å². The van der Waals surface area contributed by atoms with Gasteiger partial charge in [-0.15, -0.1) is 11.8 Å². The molecule has 0 spiro atoms. The van der Waals surface area contributed by atoms with Gasteiger partial charge >= 0.3 is 5.51 Å². The molecule has 1 unspecified atom stereocenters. The number of hydrogen-bond acceptors (Lipinski definition) is 3. The number of rotatable bonds is 5. The Kier molecular flexibility index (Phi) is 4.86. The molecule has 1 heterocycles. The number of fused-ring (bicyclic) bond motifs is 1. The van der Waals surface area contributed by atoms with Crippen molar-refractivity contribution in [2.24, 2.45) is 0 Å². The first-order valence-electron chi connectivity index (χ1n) is 5.70. The highest BCUT2D eigenvalue weighted by atomic mass is 32.2. The number of nitrogens with one attached hydrogen (secondary N) is 1. The van der Waals surface area contributed by atoms with E-state index in [0.29, 0.717) is 11.8 Å². The average Bonchev–Trinajstić information content (AvgIpc) is 2.69. The second-order valence-corrected chi connectivity index (χ2v) is 6.55. The molecule has 18 heavy (non-hydrogen) atoms. The molecule has 1 nitrogen and oxygen atoms in total. The molecule has 0 saturated heterocycles. The minimum Gasteiger partial charge on any atom is -0.315 e. The molecule has 0 radical (unpaired) electrons. The molecule has 0 amide bonds. The summed E-state index contributed by atoms with van der Waals surface area (Å²) in [7, 11) is 0. The summed E-state index contributed by atoms with van der Waals surface area (Å²) in [6.07, 6.45) is 1.00. The molecule has 0 fully saturated rings. The van der Waals surface area contributed by atoms with Gasteiger partial charge in [-0.25, -0.2) is 0 Å². The minimum atomic E-state index is -4.11. The van der Waals surface area contributed by atoms with Crippen molar-refractivity contribution in [2.45, 2.75) is 22.1 Å². The third-order valence-electron chi connectivity index (χ3n) is 2.63. The van der Waals surface area contributed by atoms with Gasteiger partial charge in [0.1, 0.15) is 0 Å². The Bertz CT molecular complexity index is 370. The second kappa shape index (κ2) is 6.21. The largest absolute Gasteiger partial charge is 0.441 e. The third-order valence-corrected chi connectivity index (χ3v) is 4.68. The zero-order valence-electron chi connectivity index (χ0n) is 9.67. The first-order chi connectivity index (χ1) is 8.54. The van der Waals surface area contributed by atoms with Gasteiger partial charge in [-0.2, -0.15) is 13.2 Å². The number of alkyl halides is 3. The van der Waals surface area contributed by atoms with Crippen LogP contribution in [0.1, 0.15) is 5.56 Å². The van der Waals surface area contributed by atoms with Crippen molar-refractivity contribution in [2.75, 3.05) is 18.8 Å². The van der Waals surface area contributed by atoms with E-state index in [9.17, 15) is 13.2 Å². The number of halogens is 3. The van der Waals surface area contributed by atoms with Gasteiger partial charge in [0.2, 0.25) is 0 Å². The molecule has 0 saturated carbocycles. The quantitative estimate of drug-likeness (QED) is 0.834. The van der Waals surface area contributed by atoms with E-state index in [1.54, 1.807) is 0 Å². The maximum atomic E-state index is 11.9. The molecule has 100 valence electrons. The van der Waals surface area contributed by atoms with Crippen molar-refractivity contribution in [3.63, 3.8) is 0 Å². The summed E-state index contributed by atoms with van der Waals surface area (Å²) < 4.78 is 35.7. The molecule has 6 heteroatoms. The minimum absolute atomic E-state index is 0.0341. The SMILES string of the molecule is FC(F)(F)SCCNCC1Cc2ccccc2S1. The van der Waals surface area contributed by atoms with Crippen molar-refractivity contribution in [1.82, 2.24) is 5.32 Å². The normalized spacial score (nSPS) is 18.9. The third kappa shape index (κ3) is 4.40. The van der Waals surface area contributed by atoms with Crippen molar-refractivity contribution in [3.8, 4) is 0 Å². The van der Waals surface area contributed by atoms with Gasteiger partial charge < -0.3 is 5.32 Å². The monoisotopic (exact) mass is 293 g/mol. The lowest BCUT2D eigenvalue weighted by Crippen LogP contribution is -2.27. The van der Waals surface area contributed by atoms with Crippen LogP contribution in [0, 0.1) is 0 Å². The molecular weight excluding hydrogens is 279 g/mol. The zero-order valence-corrected chi connectivity index (χ0v) is 11.3. The fourth-order valence-electron chi connectivity index (χ4n) is 1.87. The van der Waals surface area contributed by atoms with Crippen molar-refractivity contribution in [1.29, 1.82) is 0 Å². The number of hydrogen-bond donors (Lipinski definition) is 1. The van der Waals surface area contributed by atoms with E-state index in [-0.39, 0.29) is 17.5 Å². The zero-order chi connectivity index (χ0) is 13.0. The van der Waals surface area contributed by atoms with Crippen LogP contribution in [-0.4, -0.2) is 29.6 Å². The first kappa shape index (κ1) is 14.1. The predicted molar refractivity (Wildman–Crippen MR) is 71.2 cm³/mol. The van der Waals surface area contributed by atoms with Gasteiger partial charge in [0.05, 0.1) is 0 Å². The van der Waals surface area contributed by atoms with Crippen LogP contribution < -0.4 is 5.32 Å². The van der Waals surface area contributed by atoms with E-state index in [1.807, 2.05) is 23.9 Å². The highest BCUT2D eigenvalue weighted by Gasteiger charge is 2.27. The molecule has 1 aliphatic heterocycles. The van der Waals surface area contributed by atoms with Crippen LogP contribution in [0.4, 0.5) is 13.2 Å². The van der Waals surface area contributed by atoms with Gasteiger partial charge in [-0.1, -0.05) is 18.2 Å². The van der Waals surface area contributed by atoms with Crippen LogP contribution in [0.15, 0.2) is 29.2 Å². The maximum Gasteiger partial charge on any atom is 0.441 e. The summed E-state index contributed by atoms with van der Waals surface area (Å²) >= 11 is 1.84. The van der Waals surface area contributed by atoms with Crippen LogP contribution in [0.5, 0.6) is 0 Å². The van der Waals surface area contributed by atoms with E-state index < -0.39 is 5.51 Å². The van der Waals surface area contributed by atoms with Crippen molar-refractivity contribution < 1.29 is 13.2 Å². The highest BCUT2D eigenvalue weighted by Crippen LogP contribution is 2.36. The number of thioether (sulfide) groups is 2. The summed E-state index contributed by atoms with van der Waals surface area (Å²) in [4.78, 5) is 1.30. The summed E-state index contributed by atoms with van der Waals surface area (Å²) in [6, 6.07) is 8.25. The molecule has 1 aromatic rings. The van der Waals surface area contributed by atoms with E-state index in [0.717, 1.165) is 13.0 Å². The Balaban J connectivity index is 1.63. The summed E-state index contributed by atoms with van der Waals surface area (Å²) in [5.74, 6) is 0.0772. The lowest BCUT2D eigenvalue weighted by molar-refractivity contribution is -0.0327. The van der Waals surface area contributed by atoms with Gasteiger partial charge in [0.15, 0.2) is 0 Å². The molecule has 1 aromatic carbocycles. The molecule has 1 N–H and O–H groups in total. The molecular formula is C12H14F3NS2. The van der Waals surface area contributed by atoms with E-state index in [2.05, 4.69) is 17.4 Å². The second-order valence-electron chi connectivity index (χ2n) is 4.05. The lowest BCUT2D eigenvalue weighted by Gasteiger charge is -2.10. The lowest BCUT2D eigenvalue weighted by atomic mass is 10.1. The van der Waals surface area contributed by atoms with Crippen LogP contribution in [0.3, 0.4) is 0 Å². The van der Waals surface area contributed by atoms with E-state index in [4.69, 9.17) is 0 Å². The summed E-state index contributed by atoms with van der Waals surface area (Å²) in [5, 5.41) is 3.54. The predicted octanol–water partition coefficient (Wildman–Crippen LogP) is 3.55. The Morgan fingerprint density at radius 1 is 1.33 bits per heavy atom. The smallest absolute Gasteiger partial charge is 0.315 e. The van der Waals surface area contributed by atoms with Crippen LogP contribution in [0.2, 0.25) is 0 Å². The molecule has 0 bridgehead atoms. The summed E-state index contributed by atoms with van der Waals surface area (Å²) in [5.41, 5.74) is -2.76. The van der Waals surface area contributed by atoms with Crippen LogP contribution in [-0.2, 0) is 6.42 Å². The summed E-state index contributed by atoms with van der Waals surface area (Å²) in [6.45, 7) is 1.16. The Morgan fingerprint density at radius 2 is 2.11 bits per heavy atom. The Hall–Kier alpha value is -0.330. The molecule has 2 rings (SSSR count). The average molecular weight is 293 g/mol. The first-order valence-corrected chi connectivity index (χ1v) is 7.57. The highest BCUT2D eigenvalue weighted by molar-refractivity contribution is 8.00.